The summed E-state index contributed by atoms with van der Waals surface area (Å²) in [5.74, 6) is 1.77. The SMILES string of the molecule is CCNC1CCC(CC)CC1CN(C)CC1CCCCO1. The second kappa shape index (κ2) is 9.12. The van der Waals surface area contributed by atoms with E-state index in [4.69, 9.17) is 4.74 Å². The van der Waals surface area contributed by atoms with E-state index < -0.39 is 0 Å². The molecule has 2 fully saturated rings. The van der Waals surface area contributed by atoms with Crippen molar-refractivity contribution in [1.29, 1.82) is 0 Å². The van der Waals surface area contributed by atoms with E-state index in [9.17, 15) is 0 Å². The fraction of sp³-hybridized carbons (Fsp3) is 1.00. The second-order valence-electron chi connectivity index (χ2n) is 7.22. The van der Waals surface area contributed by atoms with Gasteiger partial charge in [-0.25, -0.2) is 0 Å². The number of nitrogens with one attached hydrogen (secondary N) is 1. The Balaban J connectivity index is 1.81. The number of likely N-dealkylation sites (N-methyl/N-ethyl adjacent to an activating group) is 1. The van der Waals surface area contributed by atoms with Crippen LogP contribution >= 0.6 is 0 Å². The van der Waals surface area contributed by atoms with E-state index in [2.05, 4.69) is 31.1 Å². The van der Waals surface area contributed by atoms with Gasteiger partial charge in [0.15, 0.2) is 0 Å². The van der Waals surface area contributed by atoms with Crippen LogP contribution in [-0.2, 0) is 4.74 Å². The molecule has 0 radical (unpaired) electrons. The summed E-state index contributed by atoms with van der Waals surface area (Å²) in [5, 5.41) is 3.73. The summed E-state index contributed by atoms with van der Waals surface area (Å²) >= 11 is 0. The zero-order chi connectivity index (χ0) is 15.1. The molecule has 1 aliphatic carbocycles. The number of rotatable bonds is 7. The molecule has 124 valence electrons. The van der Waals surface area contributed by atoms with Crippen molar-refractivity contribution >= 4 is 0 Å². The summed E-state index contributed by atoms with van der Waals surface area (Å²) in [4.78, 5) is 2.53. The highest BCUT2D eigenvalue weighted by Gasteiger charge is 2.30. The molecular weight excluding hydrogens is 260 g/mol. The highest BCUT2D eigenvalue weighted by Crippen LogP contribution is 2.32. The minimum Gasteiger partial charge on any atom is -0.377 e. The first kappa shape index (κ1) is 17.2. The Morgan fingerprint density at radius 1 is 1.10 bits per heavy atom. The van der Waals surface area contributed by atoms with Crippen molar-refractivity contribution in [2.45, 2.75) is 70.9 Å². The molecule has 2 rings (SSSR count). The molecule has 3 nitrogen and oxygen atoms in total. The Hall–Kier alpha value is -0.120. The van der Waals surface area contributed by atoms with Gasteiger partial charge < -0.3 is 15.0 Å². The fourth-order valence-electron chi connectivity index (χ4n) is 4.24. The average molecular weight is 296 g/mol. The van der Waals surface area contributed by atoms with E-state index in [1.165, 1.54) is 51.5 Å². The third kappa shape index (κ3) is 5.54. The molecule has 3 heteroatoms. The molecular formula is C18H36N2O. The first-order chi connectivity index (χ1) is 10.2. The van der Waals surface area contributed by atoms with Crippen LogP contribution in [0.25, 0.3) is 0 Å². The molecule has 0 aromatic heterocycles. The van der Waals surface area contributed by atoms with Gasteiger partial charge in [0.05, 0.1) is 6.10 Å². The molecule has 0 aromatic rings. The summed E-state index contributed by atoms with van der Waals surface area (Å²) in [7, 11) is 2.29. The third-order valence-electron chi connectivity index (χ3n) is 5.47. The van der Waals surface area contributed by atoms with E-state index in [-0.39, 0.29) is 0 Å². The molecule has 1 saturated carbocycles. The molecule has 1 heterocycles. The quantitative estimate of drug-likeness (QED) is 0.780. The van der Waals surface area contributed by atoms with Crippen molar-refractivity contribution in [1.82, 2.24) is 10.2 Å². The standard InChI is InChI=1S/C18H36N2O/c1-4-15-9-10-18(19-5-2)16(12-15)13-20(3)14-17-8-6-7-11-21-17/h15-19H,4-14H2,1-3H3. The second-order valence-corrected chi connectivity index (χ2v) is 7.22. The summed E-state index contributed by atoms with van der Waals surface area (Å²) in [5.41, 5.74) is 0. The molecule has 1 aliphatic heterocycles. The summed E-state index contributed by atoms with van der Waals surface area (Å²) in [6.45, 7) is 9.02. The maximum absolute atomic E-state index is 5.90. The van der Waals surface area contributed by atoms with E-state index in [1.807, 2.05) is 0 Å². The summed E-state index contributed by atoms with van der Waals surface area (Å²) < 4.78 is 5.90. The first-order valence-corrected chi connectivity index (χ1v) is 9.26. The van der Waals surface area contributed by atoms with Crippen molar-refractivity contribution < 1.29 is 4.74 Å². The van der Waals surface area contributed by atoms with Crippen LogP contribution < -0.4 is 5.32 Å². The maximum Gasteiger partial charge on any atom is 0.0701 e. The van der Waals surface area contributed by atoms with Crippen LogP contribution in [0.15, 0.2) is 0 Å². The van der Waals surface area contributed by atoms with Crippen molar-refractivity contribution in [3.05, 3.63) is 0 Å². The molecule has 1 N–H and O–H groups in total. The lowest BCUT2D eigenvalue weighted by molar-refractivity contribution is -0.00593. The van der Waals surface area contributed by atoms with Crippen LogP contribution in [-0.4, -0.2) is 50.3 Å². The van der Waals surface area contributed by atoms with Gasteiger partial charge in [-0.3, -0.25) is 0 Å². The lowest BCUT2D eigenvalue weighted by Crippen LogP contribution is -2.46. The van der Waals surface area contributed by atoms with Gasteiger partial charge in [-0.15, -0.1) is 0 Å². The van der Waals surface area contributed by atoms with Crippen LogP contribution in [0, 0.1) is 11.8 Å². The molecule has 21 heavy (non-hydrogen) atoms. The minimum absolute atomic E-state index is 0.479. The first-order valence-electron chi connectivity index (χ1n) is 9.26. The van der Waals surface area contributed by atoms with Crippen LogP contribution in [0.2, 0.25) is 0 Å². The van der Waals surface area contributed by atoms with Gasteiger partial charge in [-0.2, -0.15) is 0 Å². The average Bonchev–Trinajstić information content (AvgIpc) is 2.50. The Morgan fingerprint density at radius 2 is 1.95 bits per heavy atom. The Labute approximate surface area is 131 Å². The smallest absolute Gasteiger partial charge is 0.0701 e. The molecule has 1 saturated heterocycles. The Bertz CT molecular complexity index is 278. The largest absolute Gasteiger partial charge is 0.377 e. The number of nitrogens with zero attached hydrogens (tertiary/aromatic N) is 1. The molecule has 4 unspecified atom stereocenters. The van der Waals surface area contributed by atoms with Gasteiger partial charge >= 0.3 is 0 Å². The van der Waals surface area contributed by atoms with Gasteiger partial charge in [0.2, 0.25) is 0 Å². The van der Waals surface area contributed by atoms with Gasteiger partial charge in [-0.05, 0) is 64.0 Å². The lowest BCUT2D eigenvalue weighted by Gasteiger charge is -2.39. The highest BCUT2D eigenvalue weighted by atomic mass is 16.5. The van der Waals surface area contributed by atoms with Crippen molar-refractivity contribution in [2.75, 3.05) is 33.3 Å². The topological polar surface area (TPSA) is 24.5 Å². The molecule has 0 amide bonds. The van der Waals surface area contributed by atoms with Gasteiger partial charge in [0.1, 0.15) is 0 Å². The maximum atomic E-state index is 5.90. The molecule has 0 aromatic carbocycles. The molecule has 0 spiro atoms. The minimum atomic E-state index is 0.479. The summed E-state index contributed by atoms with van der Waals surface area (Å²) in [6.07, 6.45) is 9.87. The van der Waals surface area contributed by atoms with E-state index in [0.29, 0.717) is 6.10 Å². The van der Waals surface area contributed by atoms with Crippen molar-refractivity contribution in [2.24, 2.45) is 11.8 Å². The predicted octanol–water partition coefficient (Wildman–Crippen LogP) is 3.29. The zero-order valence-electron chi connectivity index (χ0n) is 14.4. The number of hydrogen-bond acceptors (Lipinski definition) is 3. The van der Waals surface area contributed by atoms with E-state index in [0.717, 1.165) is 37.6 Å². The van der Waals surface area contributed by atoms with Crippen molar-refractivity contribution in [3.8, 4) is 0 Å². The van der Waals surface area contributed by atoms with Crippen LogP contribution in [0.4, 0.5) is 0 Å². The van der Waals surface area contributed by atoms with Gasteiger partial charge in [0.25, 0.3) is 0 Å². The van der Waals surface area contributed by atoms with Gasteiger partial charge in [-0.1, -0.05) is 20.3 Å². The van der Waals surface area contributed by atoms with Crippen LogP contribution in [0.5, 0.6) is 0 Å². The highest BCUT2D eigenvalue weighted by molar-refractivity contribution is 4.86. The number of hydrogen-bond donors (Lipinski definition) is 1. The third-order valence-corrected chi connectivity index (χ3v) is 5.47. The van der Waals surface area contributed by atoms with Crippen molar-refractivity contribution in [3.63, 3.8) is 0 Å². The lowest BCUT2D eigenvalue weighted by atomic mass is 9.76. The molecule has 2 aliphatic rings. The van der Waals surface area contributed by atoms with Gasteiger partial charge in [0, 0.05) is 25.7 Å². The Morgan fingerprint density at radius 3 is 2.62 bits per heavy atom. The number of ether oxygens (including phenoxy) is 1. The summed E-state index contributed by atoms with van der Waals surface area (Å²) in [6, 6.07) is 0.729. The predicted molar refractivity (Wildman–Crippen MR) is 89.7 cm³/mol. The van der Waals surface area contributed by atoms with Crippen LogP contribution in [0.1, 0.15) is 58.8 Å². The Kier molecular flexibility index (Phi) is 7.48. The zero-order valence-corrected chi connectivity index (χ0v) is 14.4. The van der Waals surface area contributed by atoms with E-state index in [1.54, 1.807) is 0 Å². The molecule has 0 bridgehead atoms. The van der Waals surface area contributed by atoms with Crippen LogP contribution in [0.3, 0.4) is 0 Å². The molecule has 4 atom stereocenters. The normalized spacial score (nSPS) is 34.3. The van der Waals surface area contributed by atoms with E-state index >= 15 is 0 Å². The fourth-order valence-corrected chi connectivity index (χ4v) is 4.24. The monoisotopic (exact) mass is 296 g/mol.